The summed E-state index contributed by atoms with van der Waals surface area (Å²) in [6.07, 6.45) is 4.16. The summed E-state index contributed by atoms with van der Waals surface area (Å²) in [4.78, 5) is 12.8. The summed E-state index contributed by atoms with van der Waals surface area (Å²) in [6, 6.07) is 10.4. The summed E-state index contributed by atoms with van der Waals surface area (Å²) in [5.74, 6) is 0.135. The predicted octanol–water partition coefficient (Wildman–Crippen LogP) is 3.08. The SMILES string of the molecule is O=C(Nc1cccc(-c2nnc3n2CCCCC3)c1)c1cc(S(=O)(=O)N2CCOCC2)ccc1F. The maximum Gasteiger partial charge on any atom is 0.258 e. The minimum atomic E-state index is -3.87. The smallest absolute Gasteiger partial charge is 0.258 e. The number of hydrogen-bond donors (Lipinski definition) is 1. The highest BCUT2D eigenvalue weighted by Gasteiger charge is 2.28. The Morgan fingerprint density at radius 1 is 1.00 bits per heavy atom. The van der Waals surface area contributed by atoms with E-state index in [2.05, 4.69) is 20.1 Å². The zero-order valence-corrected chi connectivity index (χ0v) is 19.9. The minimum absolute atomic E-state index is 0.133. The molecule has 0 saturated carbocycles. The molecule has 1 fully saturated rings. The molecule has 2 aromatic carbocycles. The number of aryl methyl sites for hydroxylation is 1. The molecule has 0 atom stereocenters. The van der Waals surface area contributed by atoms with E-state index >= 15 is 0 Å². The van der Waals surface area contributed by atoms with E-state index in [0.717, 1.165) is 61.6 Å². The molecular weight excluding hydrogens is 473 g/mol. The summed E-state index contributed by atoms with van der Waals surface area (Å²) in [6.45, 7) is 1.84. The molecule has 0 unspecified atom stereocenters. The van der Waals surface area contributed by atoms with E-state index in [1.807, 2.05) is 6.07 Å². The maximum atomic E-state index is 14.6. The second-order valence-electron chi connectivity index (χ2n) is 8.60. The molecule has 2 aliphatic rings. The molecule has 3 heterocycles. The van der Waals surface area contributed by atoms with E-state index in [1.54, 1.807) is 18.2 Å². The van der Waals surface area contributed by atoms with Crippen LogP contribution in [0.25, 0.3) is 11.4 Å². The van der Waals surface area contributed by atoms with Gasteiger partial charge in [-0.2, -0.15) is 4.31 Å². The lowest BCUT2D eigenvalue weighted by molar-refractivity contribution is 0.0730. The average Bonchev–Trinajstić information content (AvgIpc) is 3.13. The number of sulfonamides is 1. The van der Waals surface area contributed by atoms with Gasteiger partial charge in [0.25, 0.3) is 5.91 Å². The van der Waals surface area contributed by atoms with E-state index in [4.69, 9.17) is 4.74 Å². The molecule has 0 bridgehead atoms. The van der Waals surface area contributed by atoms with E-state index in [0.29, 0.717) is 18.9 Å². The van der Waals surface area contributed by atoms with E-state index < -0.39 is 21.7 Å². The highest BCUT2D eigenvalue weighted by molar-refractivity contribution is 7.89. The second kappa shape index (κ2) is 9.84. The number of rotatable bonds is 5. The van der Waals surface area contributed by atoms with Gasteiger partial charge < -0.3 is 14.6 Å². The van der Waals surface area contributed by atoms with Gasteiger partial charge in [0.2, 0.25) is 10.0 Å². The quantitative estimate of drug-likeness (QED) is 0.578. The van der Waals surface area contributed by atoms with Gasteiger partial charge in [-0.25, -0.2) is 12.8 Å². The van der Waals surface area contributed by atoms with Crippen molar-refractivity contribution in [2.24, 2.45) is 0 Å². The third kappa shape index (κ3) is 4.84. The molecule has 5 rings (SSSR count). The van der Waals surface area contributed by atoms with Crippen LogP contribution in [-0.4, -0.2) is 59.7 Å². The summed E-state index contributed by atoms with van der Waals surface area (Å²) < 4.78 is 49.1. The Bertz CT molecular complexity index is 1350. The molecular formula is C24H26FN5O4S. The number of nitrogens with zero attached hydrogens (tertiary/aromatic N) is 4. The van der Waals surface area contributed by atoms with Crippen LogP contribution in [0, 0.1) is 5.82 Å². The first kappa shape index (κ1) is 23.6. The largest absolute Gasteiger partial charge is 0.379 e. The van der Waals surface area contributed by atoms with Crippen molar-refractivity contribution in [2.75, 3.05) is 31.6 Å². The molecule has 1 amide bonds. The molecule has 1 saturated heterocycles. The van der Waals surface area contributed by atoms with Crippen molar-refractivity contribution in [2.45, 2.75) is 37.1 Å². The monoisotopic (exact) mass is 499 g/mol. The molecule has 0 aliphatic carbocycles. The first-order valence-corrected chi connectivity index (χ1v) is 13.1. The summed E-state index contributed by atoms with van der Waals surface area (Å²) >= 11 is 0. The highest BCUT2D eigenvalue weighted by atomic mass is 32.2. The molecule has 2 aliphatic heterocycles. The Hall–Kier alpha value is -3.15. The molecule has 3 aromatic rings. The maximum absolute atomic E-state index is 14.6. The molecule has 1 aromatic heterocycles. The summed E-state index contributed by atoms with van der Waals surface area (Å²) in [5, 5.41) is 11.4. The van der Waals surface area contributed by atoms with Gasteiger partial charge in [0, 0.05) is 37.3 Å². The number of nitrogens with one attached hydrogen (secondary N) is 1. The number of carbonyl (C=O) groups excluding carboxylic acids is 1. The highest BCUT2D eigenvalue weighted by Crippen LogP contribution is 2.26. The van der Waals surface area contributed by atoms with Gasteiger partial charge in [0.1, 0.15) is 11.6 Å². The predicted molar refractivity (Wildman–Crippen MR) is 127 cm³/mol. The number of ether oxygens (including phenoxy) is 1. The summed E-state index contributed by atoms with van der Waals surface area (Å²) in [5.41, 5.74) is 0.882. The van der Waals surface area contributed by atoms with E-state index in [-0.39, 0.29) is 23.5 Å². The Labute approximate surface area is 203 Å². The van der Waals surface area contributed by atoms with Crippen molar-refractivity contribution in [1.29, 1.82) is 0 Å². The van der Waals surface area contributed by atoms with Gasteiger partial charge in [-0.15, -0.1) is 10.2 Å². The third-order valence-electron chi connectivity index (χ3n) is 6.28. The number of fused-ring (bicyclic) bond motifs is 1. The number of hydrogen-bond acceptors (Lipinski definition) is 6. The van der Waals surface area contributed by atoms with Gasteiger partial charge in [0.15, 0.2) is 5.82 Å². The fourth-order valence-electron chi connectivity index (χ4n) is 4.41. The summed E-state index contributed by atoms with van der Waals surface area (Å²) in [7, 11) is -3.87. The zero-order chi connectivity index (χ0) is 24.4. The van der Waals surface area contributed by atoms with Crippen LogP contribution in [0.2, 0.25) is 0 Å². The zero-order valence-electron chi connectivity index (χ0n) is 19.1. The lowest BCUT2D eigenvalue weighted by Crippen LogP contribution is -2.40. The fraction of sp³-hybridized carbons (Fsp3) is 0.375. The number of aromatic nitrogens is 3. The molecule has 9 nitrogen and oxygen atoms in total. The number of anilines is 1. The number of morpholine rings is 1. The van der Waals surface area contributed by atoms with Crippen LogP contribution in [0.15, 0.2) is 47.4 Å². The number of benzene rings is 2. The Morgan fingerprint density at radius 3 is 2.66 bits per heavy atom. The first-order chi connectivity index (χ1) is 16.9. The molecule has 1 N–H and O–H groups in total. The normalized spacial score (nSPS) is 16.9. The Kier molecular flexibility index (Phi) is 6.63. The van der Waals surface area contributed by atoms with Crippen molar-refractivity contribution in [3.05, 3.63) is 59.7 Å². The van der Waals surface area contributed by atoms with Crippen molar-refractivity contribution in [3.8, 4) is 11.4 Å². The Balaban J connectivity index is 1.39. The van der Waals surface area contributed by atoms with Gasteiger partial charge in [0.05, 0.1) is 23.7 Å². The van der Waals surface area contributed by atoms with Crippen molar-refractivity contribution in [3.63, 3.8) is 0 Å². The number of halogens is 1. The topological polar surface area (TPSA) is 106 Å². The molecule has 0 spiro atoms. The van der Waals surface area contributed by atoms with Crippen LogP contribution in [0.4, 0.5) is 10.1 Å². The van der Waals surface area contributed by atoms with Crippen molar-refractivity contribution < 1.29 is 22.3 Å². The second-order valence-corrected chi connectivity index (χ2v) is 10.5. The van der Waals surface area contributed by atoms with Crippen LogP contribution >= 0.6 is 0 Å². The molecule has 11 heteroatoms. The third-order valence-corrected chi connectivity index (χ3v) is 8.17. The van der Waals surface area contributed by atoms with Crippen LogP contribution < -0.4 is 5.32 Å². The van der Waals surface area contributed by atoms with Crippen LogP contribution in [0.1, 0.15) is 35.4 Å². The Morgan fingerprint density at radius 2 is 1.83 bits per heavy atom. The molecule has 0 radical (unpaired) electrons. The lowest BCUT2D eigenvalue weighted by Gasteiger charge is -2.26. The average molecular weight is 500 g/mol. The van der Waals surface area contributed by atoms with E-state index in [1.165, 1.54) is 10.4 Å². The van der Waals surface area contributed by atoms with Crippen molar-refractivity contribution in [1.82, 2.24) is 19.1 Å². The van der Waals surface area contributed by atoms with Crippen LogP contribution in [0.3, 0.4) is 0 Å². The first-order valence-electron chi connectivity index (χ1n) is 11.6. The standard InChI is InChI=1S/C24H26FN5O4S/c25-21-9-8-19(35(32,33)29-11-13-34-14-12-29)16-20(21)24(31)26-18-6-4-5-17(15-18)23-28-27-22-7-2-1-3-10-30(22)23/h4-6,8-9,15-16H,1-3,7,10-14H2,(H,26,31). The van der Waals surface area contributed by atoms with Gasteiger partial charge in [-0.1, -0.05) is 18.6 Å². The number of amides is 1. The molecule has 35 heavy (non-hydrogen) atoms. The van der Waals surface area contributed by atoms with Gasteiger partial charge in [-0.05, 0) is 43.2 Å². The van der Waals surface area contributed by atoms with Crippen molar-refractivity contribution >= 4 is 21.6 Å². The minimum Gasteiger partial charge on any atom is -0.379 e. The van der Waals surface area contributed by atoms with Crippen LogP contribution in [0.5, 0.6) is 0 Å². The molecule has 184 valence electrons. The van der Waals surface area contributed by atoms with Gasteiger partial charge >= 0.3 is 0 Å². The fourth-order valence-corrected chi connectivity index (χ4v) is 5.84. The van der Waals surface area contributed by atoms with E-state index in [9.17, 15) is 17.6 Å². The van der Waals surface area contributed by atoms with Crippen LogP contribution in [-0.2, 0) is 27.7 Å². The lowest BCUT2D eigenvalue weighted by atomic mass is 10.1. The van der Waals surface area contributed by atoms with Gasteiger partial charge in [-0.3, -0.25) is 4.79 Å². The number of carbonyl (C=O) groups is 1.